The summed E-state index contributed by atoms with van der Waals surface area (Å²) in [6, 6.07) is 9.13. The Kier molecular flexibility index (Phi) is 2.88. The first-order valence-electron chi connectivity index (χ1n) is 6.00. The summed E-state index contributed by atoms with van der Waals surface area (Å²) in [4.78, 5) is 4.01. The number of benzene rings is 1. The first kappa shape index (κ1) is 10.5. The van der Waals surface area contributed by atoms with Crippen LogP contribution in [0.15, 0.2) is 35.1 Å². The highest BCUT2D eigenvalue weighted by molar-refractivity contribution is 5.34. The second-order valence-corrected chi connectivity index (χ2v) is 4.33. The molecule has 0 fully saturated rings. The Morgan fingerprint density at radius 2 is 2.29 bits per heavy atom. The summed E-state index contributed by atoms with van der Waals surface area (Å²) in [5.41, 5.74) is 2.92. The average molecular weight is 229 g/mol. The Bertz CT molecular complexity index is 481. The molecule has 0 bridgehead atoms. The molecule has 1 aromatic carbocycles. The van der Waals surface area contributed by atoms with Crippen LogP contribution in [0.25, 0.3) is 0 Å². The lowest BCUT2D eigenvalue weighted by Crippen LogP contribution is -2.21. The third kappa shape index (κ3) is 2.22. The highest BCUT2D eigenvalue weighted by Crippen LogP contribution is 2.30. The van der Waals surface area contributed by atoms with Crippen molar-refractivity contribution in [1.29, 1.82) is 0 Å². The van der Waals surface area contributed by atoms with E-state index in [2.05, 4.69) is 39.7 Å². The van der Waals surface area contributed by atoms with Gasteiger partial charge in [-0.2, -0.15) is 4.98 Å². The van der Waals surface area contributed by atoms with Crippen LogP contribution in [-0.2, 0) is 12.8 Å². The molecular weight excluding hydrogens is 214 g/mol. The van der Waals surface area contributed by atoms with Crippen LogP contribution in [0.5, 0.6) is 0 Å². The smallest absolute Gasteiger partial charge is 0.227 e. The van der Waals surface area contributed by atoms with Crippen LogP contribution in [0.2, 0.25) is 0 Å². The van der Waals surface area contributed by atoms with Crippen LogP contribution < -0.4 is 5.32 Å². The van der Waals surface area contributed by atoms with Crippen LogP contribution >= 0.6 is 0 Å². The molecule has 4 nitrogen and oxygen atoms in total. The van der Waals surface area contributed by atoms with E-state index in [1.807, 2.05) is 0 Å². The van der Waals surface area contributed by atoms with E-state index in [1.165, 1.54) is 30.3 Å². The van der Waals surface area contributed by atoms with Gasteiger partial charge in [0.1, 0.15) is 0 Å². The molecule has 4 heteroatoms. The fourth-order valence-corrected chi connectivity index (χ4v) is 2.43. The van der Waals surface area contributed by atoms with Crippen molar-refractivity contribution in [3.8, 4) is 0 Å². The van der Waals surface area contributed by atoms with E-state index in [0.717, 1.165) is 13.0 Å². The van der Waals surface area contributed by atoms with Crippen molar-refractivity contribution < 1.29 is 4.52 Å². The van der Waals surface area contributed by atoms with Gasteiger partial charge < -0.3 is 9.84 Å². The SMILES string of the molecule is c1ccc2c(c1)CCC2NCCc1ncno1. The number of nitrogens with one attached hydrogen (secondary N) is 1. The lowest BCUT2D eigenvalue weighted by molar-refractivity contribution is 0.371. The monoisotopic (exact) mass is 229 g/mol. The second kappa shape index (κ2) is 4.67. The van der Waals surface area contributed by atoms with Gasteiger partial charge in [0.05, 0.1) is 0 Å². The molecule has 1 atom stereocenters. The molecule has 0 radical (unpaired) electrons. The third-order valence-corrected chi connectivity index (χ3v) is 3.27. The van der Waals surface area contributed by atoms with Crippen LogP contribution in [-0.4, -0.2) is 16.7 Å². The van der Waals surface area contributed by atoms with Crippen LogP contribution in [0.4, 0.5) is 0 Å². The van der Waals surface area contributed by atoms with E-state index in [9.17, 15) is 0 Å². The molecule has 0 saturated heterocycles. The highest BCUT2D eigenvalue weighted by Gasteiger charge is 2.20. The average Bonchev–Trinajstić information content (AvgIpc) is 2.99. The maximum Gasteiger partial charge on any atom is 0.227 e. The molecule has 88 valence electrons. The number of hydrogen-bond donors (Lipinski definition) is 1. The molecule has 0 aliphatic heterocycles. The minimum atomic E-state index is 0.481. The van der Waals surface area contributed by atoms with Crippen molar-refractivity contribution in [2.75, 3.05) is 6.54 Å². The van der Waals surface area contributed by atoms with Crippen LogP contribution in [0.1, 0.15) is 29.5 Å². The van der Waals surface area contributed by atoms with Gasteiger partial charge in [0.25, 0.3) is 0 Å². The predicted octanol–water partition coefficient (Wildman–Crippen LogP) is 1.89. The van der Waals surface area contributed by atoms with E-state index < -0.39 is 0 Å². The van der Waals surface area contributed by atoms with Crippen LogP contribution in [0.3, 0.4) is 0 Å². The normalized spacial score (nSPS) is 18.2. The molecular formula is C13H15N3O. The number of fused-ring (bicyclic) bond motifs is 1. The first-order valence-corrected chi connectivity index (χ1v) is 6.00. The minimum Gasteiger partial charge on any atom is -0.340 e. The highest BCUT2D eigenvalue weighted by atomic mass is 16.5. The lowest BCUT2D eigenvalue weighted by atomic mass is 10.1. The van der Waals surface area contributed by atoms with E-state index in [1.54, 1.807) is 0 Å². The maximum absolute atomic E-state index is 4.97. The Morgan fingerprint density at radius 3 is 3.18 bits per heavy atom. The van der Waals surface area contributed by atoms with Crippen molar-refractivity contribution >= 4 is 0 Å². The molecule has 0 amide bonds. The minimum absolute atomic E-state index is 0.481. The standard InChI is InChI=1S/C13H15N3O/c1-2-4-11-10(3-1)5-6-12(11)14-8-7-13-15-9-16-17-13/h1-4,9,12,14H,5-8H2. The summed E-state index contributed by atoms with van der Waals surface area (Å²) >= 11 is 0. The topological polar surface area (TPSA) is 51.0 Å². The van der Waals surface area contributed by atoms with Gasteiger partial charge in [-0.05, 0) is 24.0 Å². The van der Waals surface area contributed by atoms with E-state index in [0.29, 0.717) is 11.9 Å². The summed E-state index contributed by atoms with van der Waals surface area (Å²) < 4.78 is 4.97. The molecule has 1 N–H and O–H groups in total. The van der Waals surface area contributed by atoms with Gasteiger partial charge in [0.15, 0.2) is 6.33 Å². The zero-order chi connectivity index (χ0) is 11.5. The molecule has 0 spiro atoms. The molecule has 0 saturated carbocycles. The molecule has 1 unspecified atom stereocenters. The van der Waals surface area contributed by atoms with E-state index >= 15 is 0 Å². The summed E-state index contributed by atoms with van der Waals surface area (Å²) in [6.45, 7) is 0.876. The van der Waals surface area contributed by atoms with Gasteiger partial charge >= 0.3 is 0 Å². The number of rotatable bonds is 4. The quantitative estimate of drug-likeness (QED) is 0.869. The maximum atomic E-state index is 4.97. The van der Waals surface area contributed by atoms with Crippen molar-refractivity contribution in [3.63, 3.8) is 0 Å². The molecule has 1 heterocycles. The molecule has 2 aromatic rings. The van der Waals surface area contributed by atoms with Gasteiger partial charge in [-0.15, -0.1) is 0 Å². The summed E-state index contributed by atoms with van der Waals surface area (Å²) in [5.74, 6) is 0.698. The zero-order valence-electron chi connectivity index (χ0n) is 9.60. The van der Waals surface area contributed by atoms with Crippen LogP contribution in [0, 0.1) is 0 Å². The Morgan fingerprint density at radius 1 is 1.35 bits per heavy atom. The summed E-state index contributed by atoms with van der Waals surface area (Å²) in [7, 11) is 0. The summed E-state index contributed by atoms with van der Waals surface area (Å²) in [5, 5.41) is 7.14. The molecule has 17 heavy (non-hydrogen) atoms. The van der Waals surface area contributed by atoms with Crippen molar-refractivity contribution in [3.05, 3.63) is 47.6 Å². The van der Waals surface area contributed by atoms with Gasteiger partial charge in [0, 0.05) is 19.0 Å². The lowest BCUT2D eigenvalue weighted by Gasteiger charge is -2.12. The largest absolute Gasteiger partial charge is 0.340 e. The fraction of sp³-hybridized carbons (Fsp3) is 0.385. The van der Waals surface area contributed by atoms with E-state index in [-0.39, 0.29) is 0 Å². The first-order chi connectivity index (χ1) is 8.43. The third-order valence-electron chi connectivity index (χ3n) is 3.27. The van der Waals surface area contributed by atoms with Gasteiger partial charge in [-0.1, -0.05) is 29.4 Å². The van der Waals surface area contributed by atoms with Gasteiger partial charge in [-0.25, -0.2) is 0 Å². The fourth-order valence-electron chi connectivity index (χ4n) is 2.43. The summed E-state index contributed by atoms with van der Waals surface area (Å²) in [6.07, 6.45) is 4.59. The Hall–Kier alpha value is -1.68. The zero-order valence-corrected chi connectivity index (χ0v) is 9.60. The Labute approximate surface area is 100 Å². The van der Waals surface area contributed by atoms with Gasteiger partial charge in [-0.3, -0.25) is 0 Å². The predicted molar refractivity (Wildman–Crippen MR) is 63.5 cm³/mol. The van der Waals surface area contributed by atoms with Crippen molar-refractivity contribution in [2.24, 2.45) is 0 Å². The molecule has 1 aliphatic carbocycles. The molecule has 1 aromatic heterocycles. The van der Waals surface area contributed by atoms with Crippen molar-refractivity contribution in [2.45, 2.75) is 25.3 Å². The number of nitrogens with zero attached hydrogens (tertiary/aromatic N) is 2. The molecule has 1 aliphatic rings. The Balaban J connectivity index is 1.57. The molecule has 3 rings (SSSR count). The van der Waals surface area contributed by atoms with E-state index in [4.69, 9.17) is 4.52 Å². The number of aryl methyl sites for hydroxylation is 1. The van der Waals surface area contributed by atoms with Gasteiger partial charge in [0.2, 0.25) is 5.89 Å². The number of hydrogen-bond acceptors (Lipinski definition) is 4. The second-order valence-electron chi connectivity index (χ2n) is 4.33. The van der Waals surface area contributed by atoms with Crippen molar-refractivity contribution in [1.82, 2.24) is 15.5 Å². The number of aromatic nitrogens is 2.